The van der Waals surface area contributed by atoms with Gasteiger partial charge in [0.2, 0.25) is 11.9 Å². The van der Waals surface area contributed by atoms with Gasteiger partial charge in [0.1, 0.15) is 18.1 Å². The molecule has 1 fully saturated rings. The monoisotopic (exact) mass is 513 g/mol. The Hall–Kier alpha value is -2.74. The molecule has 2 atom stereocenters. The van der Waals surface area contributed by atoms with E-state index in [-0.39, 0.29) is 16.6 Å². The summed E-state index contributed by atoms with van der Waals surface area (Å²) in [5.74, 6) is -0.203. The number of benzene rings is 1. The van der Waals surface area contributed by atoms with Crippen molar-refractivity contribution in [3.05, 3.63) is 95.0 Å². The van der Waals surface area contributed by atoms with Crippen LogP contribution in [-0.2, 0) is 21.1 Å². The van der Waals surface area contributed by atoms with Crippen molar-refractivity contribution >= 4 is 28.4 Å². The number of aromatic nitrogens is 1. The topological polar surface area (TPSA) is 68.5 Å². The van der Waals surface area contributed by atoms with Gasteiger partial charge in [0.05, 0.1) is 16.0 Å². The van der Waals surface area contributed by atoms with E-state index in [0.29, 0.717) is 21.7 Å². The lowest BCUT2D eigenvalue weighted by molar-refractivity contribution is -0.889. The molecule has 0 saturated carbocycles. The number of halogens is 1. The third-order valence-electron chi connectivity index (χ3n) is 6.55. The molecule has 0 amide bonds. The van der Waals surface area contributed by atoms with E-state index in [2.05, 4.69) is 11.6 Å². The molecule has 1 aliphatic carbocycles. The van der Waals surface area contributed by atoms with Crippen molar-refractivity contribution in [3.8, 4) is 0 Å². The number of carbonyl (C=O) groups is 1. The molecule has 1 N–H and O–H groups in total. The van der Waals surface area contributed by atoms with Crippen LogP contribution in [0.25, 0.3) is 0 Å². The van der Waals surface area contributed by atoms with Gasteiger partial charge in [-0.2, -0.15) is 0 Å². The number of alkyl halides is 1. The molecule has 0 bridgehead atoms. The van der Waals surface area contributed by atoms with Crippen LogP contribution < -0.4 is 14.3 Å². The molecule has 2 unspecified atom stereocenters. The Morgan fingerprint density at radius 3 is 2.51 bits per heavy atom. The predicted molar refractivity (Wildman–Crippen MR) is 137 cm³/mol. The first-order chi connectivity index (χ1) is 16.8. The highest BCUT2D eigenvalue weighted by Crippen LogP contribution is 2.34. The van der Waals surface area contributed by atoms with Crippen molar-refractivity contribution in [3.63, 3.8) is 0 Å². The quantitative estimate of drug-likeness (QED) is 0.346. The number of ether oxygens (including phenoxy) is 1. The van der Waals surface area contributed by atoms with Crippen molar-refractivity contribution in [2.75, 3.05) is 20.3 Å². The number of nitrogens with zero attached hydrogens (tertiary/aromatic N) is 1. The van der Waals surface area contributed by atoms with Crippen LogP contribution in [-0.4, -0.2) is 35.7 Å². The number of rotatable bonds is 7. The van der Waals surface area contributed by atoms with Crippen molar-refractivity contribution in [1.82, 2.24) is 4.72 Å². The summed E-state index contributed by atoms with van der Waals surface area (Å²) in [5, 5.41) is -0.377. The highest BCUT2D eigenvalue weighted by molar-refractivity contribution is 7.83. The number of allylic oxidation sites excluding steroid dienone is 5. The maximum Gasteiger partial charge on any atom is 0.232 e. The van der Waals surface area contributed by atoms with Gasteiger partial charge in [0.15, 0.2) is 5.78 Å². The summed E-state index contributed by atoms with van der Waals surface area (Å²) in [4.78, 5) is 19.3. The average Bonchev–Trinajstić information content (AvgIpc) is 3.05. The summed E-state index contributed by atoms with van der Waals surface area (Å²) in [6.45, 7) is 5.60. The second-order valence-electron chi connectivity index (χ2n) is 8.95. The molecule has 1 aromatic heterocycles. The molecule has 6 nitrogen and oxygen atoms in total. The van der Waals surface area contributed by atoms with Gasteiger partial charge in [-0.1, -0.05) is 37.3 Å². The van der Waals surface area contributed by atoms with Gasteiger partial charge in [-0.3, -0.25) is 9.63 Å². The molecule has 1 saturated heterocycles. The van der Waals surface area contributed by atoms with Crippen LogP contribution >= 0.6 is 11.6 Å². The van der Waals surface area contributed by atoms with Crippen molar-refractivity contribution < 1.29 is 23.3 Å². The lowest BCUT2D eigenvalue weighted by atomic mass is 9.76. The third-order valence-corrected chi connectivity index (χ3v) is 7.95. The van der Waals surface area contributed by atoms with Crippen molar-refractivity contribution in [2.45, 2.75) is 42.4 Å². The van der Waals surface area contributed by atoms with E-state index in [1.807, 2.05) is 31.2 Å². The molecule has 4 rings (SSSR count). The molecule has 2 aromatic rings. The Morgan fingerprint density at radius 2 is 1.86 bits per heavy atom. The van der Waals surface area contributed by atoms with Crippen LogP contribution in [0.5, 0.6) is 0 Å². The Bertz CT molecular complexity index is 1210. The van der Waals surface area contributed by atoms with E-state index in [1.54, 1.807) is 54.5 Å². The van der Waals surface area contributed by atoms with Crippen molar-refractivity contribution in [2.24, 2.45) is 0 Å². The zero-order valence-electron chi connectivity index (χ0n) is 20.1. The third kappa shape index (κ3) is 5.74. The maximum absolute atomic E-state index is 13.4. The minimum absolute atomic E-state index is 0.0623. The lowest BCUT2D eigenvalue weighted by Crippen LogP contribution is -2.43. The van der Waals surface area contributed by atoms with Crippen LogP contribution in [0.15, 0.2) is 83.1 Å². The van der Waals surface area contributed by atoms with Gasteiger partial charge in [0, 0.05) is 48.1 Å². The van der Waals surface area contributed by atoms with E-state index in [0.717, 1.165) is 31.7 Å². The van der Waals surface area contributed by atoms with E-state index in [9.17, 15) is 9.00 Å². The van der Waals surface area contributed by atoms with Gasteiger partial charge in [-0.15, -0.1) is 11.6 Å². The van der Waals surface area contributed by atoms with Gasteiger partial charge in [0.25, 0.3) is 0 Å². The number of carbonyl (C=O) groups excluding carboxylic acids is 1. The minimum atomic E-state index is -1.57. The molecule has 2 heterocycles. The molecular weight excluding hydrogens is 484 g/mol. The number of ketones is 1. The van der Waals surface area contributed by atoms with Crippen LogP contribution in [0, 0.1) is 6.92 Å². The summed E-state index contributed by atoms with van der Waals surface area (Å²) in [6.07, 6.45) is 10.5. The van der Waals surface area contributed by atoms with E-state index >= 15 is 0 Å². The van der Waals surface area contributed by atoms with Gasteiger partial charge < -0.3 is 9.46 Å². The number of nitrogens with one attached hydrogen (secondary N) is 1. The molecule has 0 radical (unpaired) electrons. The number of Topliss-reactive ketones (excluding diaryl/α,β-unsaturated/α-hetero) is 1. The fraction of sp³-hybridized carbons (Fsp3) is 0.333. The van der Waals surface area contributed by atoms with Crippen LogP contribution in [0.2, 0.25) is 0 Å². The van der Waals surface area contributed by atoms with Crippen LogP contribution in [0.1, 0.15) is 41.4 Å². The number of pyridine rings is 1. The Balaban J connectivity index is 1.60. The highest BCUT2D eigenvalue weighted by Gasteiger charge is 2.29. The maximum atomic E-state index is 13.4. The molecule has 2 aliphatic rings. The summed E-state index contributed by atoms with van der Waals surface area (Å²) >= 11 is 6.28. The first-order valence-electron chi connectivity index (χ1n) is 11.5. The minimum Gasteiger partial charge on any atom is -0.381 e. The molecule has 1 aliphatic heterocycles. The number of hydrogen-bond donors (Lipinski definition) is 1. The number of hydrogen-bond acceptors (Lipinski definition) is 4. The smallest absolute Gasteiger partial charge is 0.232 e. The SMILES string of the molecule is CO[n+]1ccc(C(=O)C2=C(NS(=O)c3ccc(C4(C)CCOCC4)cc3)C=CC(Cl)C=C2)cc1C. The summed E-state index contributed by atoms with van der Waals surface area (Å²) < 4.78 is 23.3. The van der Waals surface area contributed by atoms with Gasteiger partial charge in [-0.05, 0) is 42.0 Å². The zero-order chi connectivity index (χ0) is 25.0. The Morgan fingerprint density at radius 1 is 1.17 bits per heavy atom. The molecule has 0 spiro atoms. The first kappa shape index (κ1) is 25.4. The van der Waals surface area contributed by atoms with Crippen LogP contribution in [0.3, 0.4) is 0 Å². The van der Waals surface area contributed by atoms with E-state index in [1.165, 1.54) is 5.56 Å². The normalized spacial score (nSPS) is 20.3. The summed E-state index contributed by atoms with van der Waals surface area (Å²) in [6, 6.07) is 11.3. The lowest BCUT2D eigenvalue weighted by Gasteiger charge is -2.34. The second kappa shape index (κ2) is 10.9. The average molecular weight is 514 g/mol. The van der Waals surface area contributed by atoms with E-state index < -0.39 is 11.0 Å². The largest absolute Gasteiger partial charge is 0.381 e. The number of aryl methyl sites for hydroxylation is 1. The molecule has 8 heteroatoms. The predicted octanol–water partition coefficient (Wildman–Crippen LogP) is 3.89. The van der Waals surface area contributed by atoms with Crippen molar-refractivity contribution in [1.29, 1.82) is 0 Å². The standard InChI is InChI=1S/C27H29ClN2O4S/c1-19-18-20(12-15-30(19)33-3)26(31)24-10-6-22(28)7-11-25(24)29-35(32)23-8-4-21(5-9-23)27(2)13-16-34-17-14-27/h4-12,15,18,22H,13-14,16-17H2,1-3H3/p+1. The Labute approximate surface area is 213 Å². The van der Waals surface area contributed by atoms with Crippen LogP contribution in [0.4, 0.5) is 0 Å². The van der Waals surface area contributed by atoms with Gasteiger partial charge in [-0.25, -0.2) is 4.21 Å². The first-order valence-corrected chi connectivity index (χ1v) is 13.1. The summed E-state index contributed by atoms with van der Waals surface area (Å²) in [7, 11) is -0.00715. The fourth-order valence-corrected chi connectivity index (χ4v) is 5.29. The molecule has 184 valence electrons. The molecular formula is C27H30ClN2O4S+. The van der Waals surface area contributed by atoms with E-state index in [4.69, 9.17) is 21.2 Å². The van der Waals surface area contributed by atoms with Gasteiger partial charge >= 0.3 is 0 Å². The second-order valence-corrected chi connectivity index (χ2v) is 10.7. The summed E-state index contributed by atoms with van der Waals surface area (Å²) in [5.41, 5.74) is 3.39. The molecule has 1 aromatic carbocycles. The zero-order valence-corrected chi connectivity index (χ0v) is 21.7. The highest BCUT2D eigenvalue weighted by atomic mass is 35.5. The Kier molecular flexibility index (Phi) is 7.89. The molecule has 35 heavy (non-hydrogen) atoms. The fourth-order valence-electron chi connectivity index (χ4n) is 4.26.